The van der Waals surface area contributed by atoms with Gasteiger partial charge in [0.2, 0.25) is 0 Å². The third kappa shape index (κ3) is 2.47. The standard InChI is InChI=1S/C16H14F2N4/c1-9-13(18)16(15-12(21-9)6-4-8-20-15)22-10(2)14-11(17)5-3-7-19-14/h3-8,10H,1-2H3,(H,21,22). The summed E-state index contributed by atoms with van der Waals surface area (Å²) < 4.78 is 28.2. The highest BCUT2D eigenvalue weighted by atomic mass is 19.1. The summed E-state index contributed by atoms with van der Waals surface area (Å²) in [5.74, 6) is -0.930. The van der Waals surface area contributed by atoms with Gasteiger partial charge in [0, 0.05) is 12.4 Å². The Kier molecular flexibility index (Phi) is 3.66. The molecule has 0 saturated heterocycles. The minimum Gasteiger partial charge on any atom is -0.373 e. The predicted molar refractivity (Wildman–Crippen MR) is 80.5 cm³/mol. The summed E-state index contributed by atoms with van der Waals surface area (Å²) in [7, 11) is 0. The molecule has 0 aromatic carbocycles. The third-order valence-corrected chi connectivity index (χ3v) is 3.41. The Labute approximate surface area is 126 Å². The molecule has 0 fully saturated rings. The molecule has 3 rings (SSSR count). The SMILES string of the molecule is Cc1nc2cccnc2c(NC(C)c2ncccc2F)c1F. The Hall–Kier alpha value is -2.63. The van der Waals surface area contributed by atoms with E-state index in [0.717, 1.165) is 0 Å². The van der Waals surface area contributed by atoms with Gasteiger partial charge in [-0.2, -0.15) is 0 Å². The zero-order valence-corrected chi connectivity index (χ0v) is 12.1. The maximum atomic E-state index is 14.4. The van der Waals surface area contributed by atoms with Gasteiger partial charge in [0.05, 0.1) is 22.9 Å². The van der Waals surface area contributed by atoms with Gasteiger partial charge in [-0.05, 0) is 38.1 Å². The molecule has 0 aliphatic heterocycles. The Morgan fingerprint density at radius 1 is 1.09 bits per heavy atom. The fourth-order valence-corrected chi connectivity index (χ4v) is 2.33. The molecule has 3 aromatic heterocycles. The predicted octanol–water partition coefficient (Wildman–Crippen LogP) is 3.78. The van der Waals surface area contributed by atoms with E-state index in [4.69, 9.17) is 0 Å². The van der Waals surface area contributed by atoms with Crippen LogP contribution in [0.1, 0.15) is 24.4 Å². The molecule has 0 aliphatic rings. The van der Waals surface area contributed by atoms with Crippen LogP contribution in [0.3, 0.4) is 0 Å². The highest BCUT2D eigenvalue weighted by Crippen LogP contribution is 2.29. The summed E-state index contributed by atoms with van der Waals surface area (Å²) in [6.07, 6.45) is 3.07. The molecule has 0 spiro atoms. The zero-order valence-electron chi connectivity index (χ0n) is 12.1. The van der Waals surface area contributed by atoms with Crippen molar-refractivity contribution in [1.29, 1.82) is 0 Å². The van der Waals surface area contributed by atoms with E-state index in [9.17, 15) is 8.78 Å². The van der Waals surface area contributed by atoms with Crippen LogP contribution in [0, 0.1) is 18.6 Å². The number of halogens is 2. The molecule has 4 nitrogen and oxygen atoms in total. The molecule has 112 valence electrons. The first kappa shape index (κ1) is 14.3. The summed E-state index contributed by atoms with van der Waals surface area (Å²) in [5.41, 5.74) is 1.68. The quantitative estimate of drug-likeness (QED) is 0.799. The second kappa shape index (κ2) is 5.63. The van der Waals surface area contributed by atoms with E-state index in [0.29, 0.717) is 11.0 Å². The lowest BCUT2D eigenvalue weighted by Crippen LogP contribution is -2.13. The van der Waals surface area contributed by atoms with E-state index < -0.39 is 17.7 Å². The number of anilines is 1. The molecule has 0 radical (unpaired) electrons. The van der Waals surface area contributed by atoms with E-state index >= 15 is 0 Å². The minimum absolute atomic E-state index is 0.209. The van der Waals surface area contributed by atoms with E-state index in [2.05, 4.69) is 20.3 Å². The number of aromatic nitrogens is 3. The van der Waals surface area contributed by atoms with Gasteiger partial charge in [-0.15, -0.1) is 0 Å². The van der Waals surface area contributed by atoms with Crippen LogP contribution in [0.4, 0.5) is 14.5 Å². The van der Waals surface area contributed by atoms with E-state index in [-0.39, 0.29) is 17.1 Å². The smallest absolute Gasteiger partial charge is 0.169 e. The second-order valence-corrected chi connectivity index (χ2v) is 4.99. The van der Waals surface area contributed by atoms with Crippen molar-refractivity contribution in [2.45, 2.75) is 19.9 Å². The first-order valence-corrected chi connectivity index (χ1v) is 6.85. The molecule has 22 heavy (non-hydrogen) atoms. The summed E-state index contributed by atoms with van der Waals surface area (Å²) in [4.78, 5) is 12.3. The summed E-state index contributed by atoms with van der Waals surface area (Å²) in [5, 5.41) is 2.97. The van der Waals surface area contributed by atoms with Crippen LogP contribution >= 0.6 is 0 Å². The van der Waals surface area contributed by atoms with Gasteiger partial charge in [0.1, 0.15) is 17.0 Å². The molecule has 0 saturated carbocycles. The first-order valence-electron chi connectivity index (χ1n) is 6.85. The highest BCUT2D eigenvalue weighted by Gasteiger charge is 2.18. The highest BCUT2D eigenvalue weighted by molar-refractivity contribution is 5.88. The topological polar surface area (TPSA) is 50.7 Å². The maximum Gasteiger partial charge on any atom is 0.169 e. The Bertz CT molecular complexity index is 835. The van der Waals surface area contributed by atoms with Gasteiger partial charge in [-0.3, -0.25) is 9.97 Å². The molecule has 0 amide bonds. The summed E-state index contributed by atoms with van der Waals surface area (Å²) >= 11 is 0. The monoisotopic (exact) mass is 300 g/mol. The fraction of sp³-hybridized carbons (Fsp3) is 0.188. The number of nitrogens with zero attached hydrogens (tertiary/aromatic N) is 3. The zero-order chi connectivity index (χ0) is 15.7. The van der Waals surface area contributed by atoms with Crippen LogP contribution in [0.2, 0.25) is 0 Å². The molecular weight excluding hydrogens is 286 g/mol. The normalized spacial score (nSPS) is 12.4. The average molecular weight is 300 g/mol. The van der Waals surface area contributed by atoms with Gasteiger partial charge in [-0.25, -0.2) is 13.8 Å². The van der Waals surface area contributed by atoms with Crippen LogP contribution in [0.25, 0.3) is 11.0 Å². The molecular formula is C16H14F2N4. The number of hydrogen-bond donors (Lipinski definition) is 1. The third-order valence-electron chi connectivity index (χ3n) is 3.41. The minimum atomic E-state index is -0.511. The van der Waals surface area contributed by atoms with E-state index in [1.54, 1.807) is 32.2 Å². The van der Waals surface area contributed by atoms with E-state index in [1.807, 2.05) is 0 Å². The Morgan fingerprint density at radius 3 is 2.59 bits per heavy atom. The first-order chi connectivity index (χ1) is 10.6. The second-order valence-electron chi connectivity index (χ2n) is 4.99. The average Bonchev–Trinajstić information content (AvgIpc) is 2.52. The molecule has 0 bridgehead atoms. The summed E-state index contributed by atoms with van der Waals surface area (Å²) in [6.45, 7) is 3.30. The fourth-order valence-electron chi connectivity index (χ4n) is 2.33. The van der Waals surface area contributed by atoms with Crippen molar-refractivity contribution in [2.24, 2.45) is 0 Å². The van der Waals surface area contributed by atoms with Crippen molar-refractivity contribution in [3.05, 3.63) is 59.7 Å². The van der Waals surface area contributed by atoms with Crippen molar-refractivity contribution >= 4 is 16.7 Å². The van der Waals surface area contributed by atoms with Gasteiger partial charge < -0.3 is 5.32 Å². The van der Waals surface area contributed by atoms with Crippen LogP contribution in [0.15, 0.2) is 36.7 Å². The van der Waals surface area contributed by atoms with Crippen LogP contribution in [0.5, 0.6) is 0 Å². The largest absolute Gasteiger partial charge is 0.373 e. The van der Waals surface area contributed by atoms with Gasteiger partial charge in [-0.1, -0.05) is 0 Å². The number of fused-ring (bicyclic) bond motifs is 1. The van der Waals surface area contributed by atoms with Crippen LogP contribution in [-0.2, 0) is 0 Å². The molecule has 1 atom stereocenters. The van der Waals surface area contributed by atoms with Crippen molar-refractivity contribution in [3.8, 4) is 0 Å². The van der Waals surface area contributed by atoms with Crippen LogP contribution in [-0.4, -0.2) is 15.0 Å². The van der Waals surface area contributed by atoms with Crippen molar-refractivity contribution in [3.63, 3.8) is 0 Å². The Morgan fingerprint density at radius 2 is 1.82 bits per heavy atom. The Balaban J connectivity index is 2.07. The molecule has 3 aromatic rings. The molecule has 3 heterocycles. The number of hydrogen-bond acceptors (Lipinski definition) is 4. The lowest BCUT2D eigenvalue weighted by atomic mass is 10.1. The van der Waals surface area contributed by atoms with Gasteiger partial charge in [0.25, 0.3) is 0 Å². The van der Waals surface area contributed by atoms with Crippen molar-refractivity contribution < 1.29 is 8.78 Å². The molecule has 0 aliphatic carbocycles. The van der Waals surface area contributed by atoms with Crippen molar-refractivity contribution in [2.75, 3.05) is 5.32 Å². The molecule has 1 unspecified atom stereocenters. The maximum absolute atomic E-state index is 14.4. The van der Waals surface area contributed by atoms with Crippen LogP contribution < -0.4 is 5.32 Å². The number of pyridine rings is 3. The molecule has 6 heteroatoms. The van der Waals surface area contributed by atoms with Gasteiger partial charge >= 0.3 is 0 Å². The number of nitrogens with one attached hydrogen (secondary N) is 1. The van der Waals surface area contributed by atoms with Gasteiger partial charge in [0.15, 0.2) is 5.82 Å². The summed E-state index contributed by atoms with van der Waals surface area (Å²) in [6, 6.07) is 5.82. The lowest BCUT2D eigenvalue weighted by molar-refractivity contribution is 0.582. The lowest BCUT2D eigenvalue weighted by Gasteiger charge is -2.17. The number of aryl methyl sites for hydroxylation is 1. The number of rotatable bonds is 3. The van der Waals surface area contributed by atoms with Crippen molar-refractivity contribution in [1.82, 2.24) is 15.0 Å². The molecule has 1 N–H and O–H groups in total. The van der Waals surface area contributed by atoms with E-state index in [1.165, 1.54) is 18.3 Å².